The summed E-state index contributed by atoms with van der Waals surface area (Å²) in [6.45, 7) is 0. The van der Waals surface area contributed by atoms with Gasteiger partial charge < -0.3 is 4.52 Å². The van der Waals surface area contributed by atoms with Gasteiger partial charge in [-0.25, -0.2) is 4.39 Å². The molecule has 0 aliphatic heterocycles. The Bertz CT molecular complexity index is 474. The lowest BCUT2D eigenvalue weighted by molar-refractivity contribution is 0.423. The maximum atomic E-state index is 13.4. The Labute approximate surface area is 97.4 Å². The molecule has 0 aliphatic rings. The molecule has 0 saturated heterocycles. The third-order valence-corrected chi connectivity index (χ3v) is 2.31. The summed E-state index contributed by atoms with van der Waals surface area (Å²) in [5.41, 5.74) is 0.216. The van der Waals surface area contributed by atoms with Crippen LogP contribution < -0.4 is 0 Å². The number of hydrogen-bond acceptors (Lipinski definition) is 3. The van der Waals surface area contributed by atoms with E-state index < -0.39 is 5.82 Å². The molecule has 0 radical (unpaired) electrons. The van der Waals surface area contributed by atoms with E-state index >= 15 is 0 Å². The molecule has 3 nitrogen and oxygen atoms in total. The van der Waals surface area contributed by atoms with Gasteiger partial charge in [0.15, 0.2) is 5.82 Å². The van der Waals surface area contributed by atoms with Gasteiger partial charge in [-0.15, -0.1) is 0 Å². The fourth-order valence-electron chi connectivity index (χ4n) is 0.984. The average molecular weight is 324 g/mol. The smallest absolute Gasteiger partial charge is 0.261 e. The molecule has 0 aliphatic carbocycles. The Morgan fingerprint density at radius 3 is 2.86 bits per heavy atom. The van der Waals surface area contributed by atoms with Crippen LogP contribution in [0.25, 0.3) is 11.5 Å². The molecule has 1 aromatic carbocycles. The lowest BCUT2D eigenvalue weighted by Gasteiger charge is -1.97. The summed E-state index contributed by atoms with van der Waals surface area (Å²) in [7, 11) is 0. The number of nitrogens with zero attached hydrogens (tertiary/aromatic N) is 2. The first-order valence-electron chi connectivity index (χ1n) is 3.62. The van der Waals surface area contributed by atoms with Crippen LogP contribution in [-0.2, 0) is 0 Å². The largest absolute Gasteiger partial charge is 0.333 e. The van der Waals surface area contributed by atoms with E-state index in [1.54, 1.807) is 6.07 Å². The summed E-state index contributed by atoms with van der Waals surface area (Å²) in [6.07, 6.45) is 0. The van der Waals surface area contributed by atoms with Crippen molar-refractivity contribution >= 4 is 34.2 Å². The normalized spacial score (nSPS) is 10.5. The Kier molecular flexibility index (Phi) is 2.69. The zero-order chi connectivity index (χ0) is 10.1. The summed E-state index contributed by atoms with van der Waals surface area (Å²) < 4.78 is 18.7. The van der Waals surface area contributed by atoms with Gasteiger partial charge in [0.05, 0.1) is 10.6 Å². The van der Waals surface area contributed by atoms with Gasteiger partial charge in [0.2, 0.25) is 3.83 Å². The second kappa shape index (κ2) is 3.82. The lowest BCUT2D eigenvalue weighted by Crippen LogP contribution is -1.85. The van der Waals surface area contributed by atoms with Crippen LogP contribution in [0.5, 0.6) is 0 Å². The SMILES string of the molecule is Fc1c(Cl)cccc1-c1nc(I)no1. The topological polar surface area (TPSA) is 38.9 Å². The molecule has 6 heteroatoms. The molecule has 0 saturated carbocycles. The van der Waals surface area contributed by atoms with Gasteiger partial charge in [0.25, 0.3) is 5.89 Å². The van der Waals surface area contributed by atoms with E-state index in [1.807, 2.05) is 22.6 Å². The van der Waals surface area contributed by atoms with Gasteiger partial charge in [0, 0.05) is 22.6 Å². The first-order chi connectivity index (χ1) is 6.68. The molecule has 1 heterocycles. The Morgan fingerprint density at radius 1 is 1.43 bits per heavy atom. The minimum Gasteiger partial charge on any atom is -0.333 e. The van der Waals surface area contributed by atoms with Crippen molar-refractivity contribution in [3.63, 3.8) is 0 Å². The molecule has 0 spiro atoms. The molecular formula is C8H3ClFIN2O. The highest BCUT2D eigenvalue weighted by Gasteiger charge is 2.13. The van der Waals surface area contributed by atoms with E-state index in [1.165, 1.54) is 12.1 Å². The summed E-state index contributed by atoms with van der Waals surface area (Å²) in [4.78, 5) is 3.89. The van der Waals surface area contributed by atoms with Gasteiger partial charge in [-0.3, -0.25) is 0 Å². The highest BCUT2D eigenvalue weighted by molar-refractivity contribution is 14.1. The molecule has 0 amide bonds. The van der Waals surface area contributed by atoms with Crippen LogP contribution in [0, 0.1) is 9.65 Å². The Hall–Kier alpha value is -0.690. The van der Waals surface area contributed by atoms with Crippen LogP contribution in [-0.4, -0.2) is 10.1 Å². The number of hydrogen-bond donors (Lipinski definition) is 0. The van der Waals surface area contributed by atoms with Gasteiger partial charge in [-0.05, 0) is 12.1 Å². The quantitative estimate of drug-likeness (QED) is 0.757. The van der Waals surface area contributed by atoms with Crippen molar-refractivity contribution in [2.45, 2.75) is 0 Å². The molecular weight excluding hydrogens is 321 g/mol. The van der Waals surface area contributed by atoms with E-state index in [2.05, 4.69) is 10.1 Å². The van der Waals surface area contributed by atoms with Crippen LogP contribution in [0.3, 0.4) is 0 Å². The Morgan fingerprint density at radius 2 is 2.21 bits per heavy atom. The zero-order valence-corrected chi connectivity index (χ0v) is 9.58. The van der Waals surface area contributed by atoms with Crippen LogP contribution >= 0.6 is 34.2 Å². The highest BCUT2D eigenvalue weighted by Crippen LogP contribution is 2.26. The van der Waals surface area contributed by atoms with Crippen molar-refractivity contribution in [3.8, 4) is 11.5 Å². The monoisotopic (exact) mass is 324 g/mol. The molecule has 0 bridgehead atoms. The molecule has 0 fully saturated rings. The third kappa shape index (κ3) is 1.74. The van der Waals surface area contributed by atoms with Gasteiger partial charge >= 0.3 is 0 Å². The molecule has 2 aromatic rings. The van der Waals surface area contributed by atoms with E-state index in [0.717, 1.165) is 0 Å². The number of rotatable bonds is 1. The molecule has 1 aromatic heterocycles. The number of halogens is 3. The summed E-state index contributed by atoms with van der Waals surface area (Å²) in [5.74, 6) is -0.413. The second-order valence-corrected chi connectivity index (χ2v) is 3.84. The number of benzene rings is 1. The molecule has 72 valence electrons. The second-order valence-electron chi connectivity index (χ2n) is 2.47. The summed E-state index contributed by atoms with van der Waals surface area (Å²) >= 11 is 7.48. The first-order valence-corrected chi connectivity index (χ1v) is 5.08. The van der Waals surface area contributed by atoms with E-state index in [0.29, 0.717) is 3.83 Å². The molecule has 0 unspecified atom stereocenters. The average Bonchev–Trinajstić information content (AvgIpc) is 2.57. The molecule has 2 rings (SSSR count). The highest BCUT2D eigenvalue weighted by atomic mass is 127. The predicted molar refractivity (Wildman–Crippen MR) is 57.4 cm³/mol. The molecule has 0 atom stereocenters. The molecule has 0 N–H and O–H groups in total. The van der Waals surface area contributed by atoms with E-state index in [9.17, 15) is 4.39 Å². The van der Waals surface area contributed by atoms with Crippen LogP contribution in [0.4, 0.5) is 4.39 Å². The van der Waals surface area contributed by atoms with Crippen LogP contribution in [0.2, 0.25) is 5.02 Å². The fourth-order valence-corrected chi connectivity index (χ4v) is 1.48. The maximum Gasteiger partial charge on any atom is 0.261 e. The van der Waals surface area contributed by atoms with Crippen molar-refractivity contribution in [1.82, 2.24) is 10.1 Å². The third-order valence-electron chi connectivity index (χ3n) is 1.58. The van der Waals surface area contributed by atoms with Crippen molar-refractivity contribution in [2.24, 2.45) is 0 Å². The van der Waals surface area contributed by atoms with Crippen LogP contribution in [0.1, 0.15) is 0 Å². The Balaban J connectivity index is 2.57. The van der Waals surface area contributed by atoms with Crippen molar-refractivity contribution in [3.05, 3.63) is 32.9 Å². The van der Waals surface area contributed by atoms with Crippen LogP contribution in [0.15, 0.2) is 22.7 Å². The standard InChI is InChI=1S/C8H3ClFIN2O/c9-5-3-1-2-4(6(5)10)7-12-8(11)13-14-7/h1-3H. The molecule has 14 heavy (non-hydrogen) atoms. The predicted octanol–water partition coefficient (Wildman–Crippen LogP) is 3.13. The van der Waals surface area contributed by atoms with E-state index in [-0.39, 0.29) is 16.5 Å². The first kappa shape index (κ1) is 9.85. The fraction of sp³-hybridized carbons (Fsp3) is 0. The van der Waals surface area contributed by atoms with Gasteiger partial charge in [-0.1, -0.05) is 22.8 Å². The van der Waals surface area contributed by atoms with Gasteiger partial charge in [0.1, 0.15) is 0 Å². The number of aromatic nitrogens is 2. The van der Waals surface area contributed by atoms with Crippen molar-refractivity contribution in [2.75, 3.05) is 0 Å². The lowest BCUT2D eigenvalue weighted by atomic mass is 10.2. The minimum absolute atomic E-state index is 0.0377. The van der Waals surface area contributed by atoms with E-state index in [4.69, 9.17) is 16.1 Å². The minimum atomic E-state index is -0.547. The van der Waals surface area contributed by atoms with Crippen molar-refractivity contribution in [1.29, 1.82) is 0 Å². The maximum absolute atomic E-state index is 13.4. The van der Waals surface area contributed by atoms with Crippen molar-refractivity contribution < 1.29 is 8.91 Å². The summed E-state index contributed by atoms with van der Waals surface area (Å²) in [6, 6.07) is 4.62. The zero-order valence-electron chi connectivity index (χ0n) is 6.67. The summed E-state index contributed by atoms with van der Waals surface area (Å²) in [5, 5.41) is 3.59. The van der Waals surface area contributed by atoms with Gasteiger partial charge in [-0.2, -0.15) is 4.98 Å².